The van der Waals surface area contributed by atoms with Crippen molar-refractivity contribution in [2.75, 3.05) is 0 Å². The number of nitro groups is 1. The van der Waals surface area contributed by atoms with Gasteiger partial charge in [-0.05, 0) is 0 Å². The van der Waals surface area contributed by atoms with Crippen LogP contribution in [0.25, 0.3) is 0 Å². The van der Waals surface area contributed by atoms with E-state index in [0.29, 0.717) is 6.07 Å². The summed E-state index contributed by atoms with van der Waals surface area (Å²) in [7, 11) is 0. The predicted octanol–water partition coefficient (Wildman–Crippen LogP) is 3.18. The Bertz CT molecular complexity index is 383. The highest BCUT2D eigenvalue weighted by molar-refractivity contribution is 6.42. The molecule has 1 aromatic rings. The van der Waals surface area contributed by atoms with Crippen molar-refractivity contribution in [2.45, 2.75) is 0 Å². The van der Waals surface area contributed by atoms with Crippen LogP contribution in [0.2, 0.25) is 10.0 Å². The van der Waals surface area contributed by atoms with Gasteiger partial charge in [-0.15, -0.1) is 0 Å². The molecule has 7 heteroatoms. The summed E-state index contributed by atoms with van der Waals surface area (Å²) in [5.41, 5.74) is -1.30. The van der Waals surface area contributed by atoms with Crippen molar-refractivity contribution in [3.8, 4) is 0 Å². The lowest BCUT2D eigenvalue weighted by Gasteiger charge is -1.99. The number of hydrogen-bond donors (Lipinski definition) is 0. The standard InChI is InChI=1S/C6HCl2F2NO2/c7-2-1-3(9)6(11(12)13)5(10)4(2)8/h1H. The van der Waals surface area contributed by atoms with Crippen molar-refractivity contribution in [1.29, 1.82) is 0 Å². The molecule has 70 valence electrons. The van der Waals surface area contributed by atoms with E-state index in [9.17, 15) is 18.9 Å². The second kappa shape index (κ2) is 3.43. The fourth-order valence-corrected chi connectivity index (χ4v) is 1.05. The van der Waals surface area contributed by atoms with E-state index in [2.05, 4.69) is 0 Å². The minimum Gasteiger partial charge on any atom is -0.258 e. The Balaban J connectivity index is 3.53. The van der Waals surface area contributed by atoms with Crippen molar-refractivity contribution >= 4 is 28.9 Å². The van der Waals surface area contributed by atoms with Gasteiger partial charge in [-0.3, -0.25) is 10.1 Å². The molecule has 0 unspecified atom stereocenters. The lowest BCUT2D eigenvalue weighted by Crippen LogP contribution is -1.97. The Morgan fingerprint density at radius 2 is 1.92 bits per heavy atom. The van der Waals surface area contributed by atoms with Gasteiger partial charge < -0.3 is 0 Å². The van der Waals surface area contributed by atoms with Crippen LogP contribution in [0.1, 0.15) is 0 Å². The van der Waals surface area contributed by atoms with Crippen molar-refractivity contribution in [2.24, 2.45) is 0 Å². The second-order valence-corrected chi connectivity index (χ2v) is 2.86. The smallest absolute Gasteiger partial charge is 0.258 e. The topological polar surface area (TPSA) is 43.1 Å². The molecule has 0 atom stereocenters. The molecule has 0 radical (unpaired) electrons. The van der Waals surface area contributed by atoms with Crippen LogP contribution in [-0.4, -0.2) is 4.92 Å². The molecule has 1 rings (SSSR count). The van der Waals surface area contributed by atoms with Crippen LogP contribution in [0.5, 0.6) is 0 Å². The zero-order chi connectivity index (χ0) is 10.2. The molecule has 0 N–H and O–H groups in total. The zero-order valence-electron chi connectivity index (χ0n) is 5.85. The van der Waals surface area contributed by atoms with Crippen LogP contribution < -0.4 is 0 Å². The first-order valence-electron chi connectivity index (χ1n) is 2.92. The molecule has 1 aromatic carbocycles. The van der Waals surface area contributed by atoms with E-state index >= 15 is 0 Å². The molecule has 0 amide bonds. The average Bonchev–Trinajstić information content (AvgIpc) is 1.99. The summed E-state index contributed by atoms with van der Waals surface area (Å²) in [4.78, 5) is 8.93. The first-order valence-corrected chi connectivity index (χ1v) is 3.68. The fraction of sp³-hybridized carbons (Fsp3) is 0. The average molecular weight is 228 g/mol. The summed E-state index contributed by atoms with van der Waals surface area (Å²) >= 11 is 10.5. The maximum Gasteiger partial charge on any atom is 0.341 e. The van der Waals surface area contributed by atoms with E-state index in [-0.39, 0.29) is 0 Å². The minimum atomic E-state index is -1.46. The maximum absolute atomic E-state index is 12.9. The molecule has 0 aliphatic rings. The van der Waals surface area contributed by atoms with Gasteiger partial charge in [0, 0.05) is 6.07 Å². The predicted molar refractivity (Wildman–Crippen MR) is 43.0 cm³/mol. The van der Waals surface area contributed by atoms with E-state index in [1.807, 2.05) is 0 Å². The number of nitrogens with zero attached hydrogens (tertiary/aromatic N) is 1. The summed E-state index contributed by atoms with van der Waals surface area (Å²) in [6, 6.07) is 0.588. The van der Waals surface area contributed by atoms with Gasteiger partial charge in [0.25, 0.3) is 0 Å². The molecule has 3 nitrogen and oxygen atoms in total. The highest BCUT2D eigenvalue weighted by Crippen LogP contribution is 2.33. The SMILES string of the molecule is O=[N+]([O-])c1c(F)cc(Cl)c(Cl)c1F. The zero-order valence-corrected chi connectivity index (χ0v) is 7.36. The molecule has 0 saturated heterocycles. The summed E-state index contributed by atoms with van der Waals surface area (Å²) in [5.74, 6) is -2.81. The molecule has 0 bridgehead atoms. The monoisotopic (exact) mass is 227 g/mol. The third-order valence-electron chi connectivity index (χ3n) is 1.27. The first-order chi connectivity index (χ1) is 5.95. The molecular formula is C6HCl2F2NO2. The third kappa shape index (κ3) is 1.71. The Morgan fingerprint density at radius 3 is 2.38 bits per heavy atom. The number of benzene rings is 1. The molecule has 0 aromatic heterocycles. The van der Waals surface area contributed by atoms with Crippen molar-refractivity contribution in [3.05, 3.63) is 37.9 Å². The van der Waals surface area contributed by atoms with Crippen LogP contribution in [-0.2, 0) is 0 Å². The molecule has 0 heterocycles. The highest BCUT2D eigenvalue weighted by atomic mass is 35.5. The van der Waals surface area contributed by atoms with E-state index < -0.39 is 32.3 Å². The summed E-state index contributed by atoms with van der Waals surface area (Å²) in [5, 5.41) is 9.07. The summed E-state index contributed by atoms with van der Waals surface area (Å²) in [6.45, 7) is 0. The third-order valence-corrected chi connectivity index (χ3v) is 2.04. The van der Waals surface area contributed by atoms with Gasteiger partial charge >= 0.3 is 5.69 Å². The van der Waals surface area contributed by atoms with Crippen LogP contribution in [0, 0.1) is 21.7 Å². The van der Waals surface area contributed by atoms with Gasteiger partial charge in [-0.1, -0.05) is 23.2 Å². The van der Waals surface area contributed by atoms with Gasteiger partial charge in [0.2, 0.25) is 11.6 Å². The van der Waals surface area contributed by atoms with Gasteiger partial charge in [-0.2, -0.15) is 8.78 Å². The molecular weight excluding hydrogens is 227 g/mol. The summed E-state index contributed by atoms with van der Waals surface area (Å²) in [6.07, 6.45) is 0. The number of nitro benzene ring substituents is 1. The fourth-order valence-electron chi connectivity index (χ4n) is 0.724. The lowest BCUT2D eigenvalue weighted by atomic mass is 10.3. The van der Waals surface area contributed by atoms with Crippen LogP contribution >= 0.6 is 23.2 Å². The lowest BCUT2D eigenvalue weighted by molar-refractivity contribution is -0.390. The Hall–Kier alpha value is -0.940. The van der Waals surface area contributed by atoms with Crippen LogP contribution in [0.3, 0.4) is 0 Å². The van der Waals surface area contributed by atoms with Gasteiger partial charge in [0.05, 0.1) is 9.95 Å². The Morgan fingerprint density at radius 1 is 1.38 bits per heavy atom. The molecule has 0 saturated carbocycles. The van der Waals surface area contributed by atoms with Crippen molar-refractivity contribution in [1.82, 2.24) is 0 Å². The number of rotatable bonds is 1. The second-order valence-electron chi connectivity index (χ2n) is 2.07. The van der Waals surface area contributed by atoms with Crippen molar-refractivity contribution in [3.63, 3.8) is 0 Å². The van der Waals surface area contributed by atoms with E-state index in [0.717, 1.165) is 0 Å². The maximum atomic E-state index is 12.9. The van der Waals surface area contributed by atoms with Crippen LogP contribution in [0.4, 0.5) is 14.5 Å². The molecule has 13 heavy (non-hydrogen) atoms. The largest absolute Gasteiger partial charge is 0.341 e. The van der Waals surface area contributed by atoms with Gasteiger partial charge in [0.1, 0.15) is 5.02 Å². The normalized spacial score (nSPS) is 10.2. The van der Waals surface area contributed by atoms with Crippen molar-refractivity contribution < 1.29 is 13.7 Å². The van der Waals surface area contributed by atoms with Gasteiger partial charge in [-0.25, -0.2) is 0 Å². The van der Waals surface area contributed by atoms with Crippen LogP contribution in [0.15, 0.2) is 6.07 Å². The van der Waals surface area contributed by atoms with E-state index in [1.54, 1.807) is 0 Å². The highest BCUT2D eigenvalue weighted by Gasteiger charge is 2.25. The molecule has 0 aliphatic heterocycles. The van der Waals surface area contributed by atoms with E-state index in [4.69, 9.17) is 23.2 Å². The quantitative estimate of drug-likeness (QED) is 0.320. The molecule has 0 aliphatic carbocycles. The molecule has 0 fully saturated rings. The number of halogens is 4. The minimum absolute atomic E-state index is 0.401. The van der Waals surface area contributed by atoms with E-state index in [1.165, 1.54) is 0 Å². The Labute approximate surface area is 81.0 Å². The first kappa shape index (κ1) is 10.1. The molecule has 0 spiro atoms. The number of hydrogen-bond acceptors (Lipinski definition) is 2. The summed E-state index contributed by atoms with van der Waals surface area (Å²) < 4.78 is 25.6. The van der Waals surface area contributed by atoms with Gasteiger partial charge in [0.15, 0.2) is 0 Å². The Kier molecular flexibility index (Phi) is 2.68.